The van der Waals surface area contributed by atoms with Gasteiger partial charge in [-0.05, 0) is 37.7 Å². The van der Waals surface area contributed by atoms with Crippen molar-refractivity contribution < 1.29 is 0 Å². The SMILES string of the molecule is CC(Cl)CC(C)CCc1cnn(C)c1. The second kappa shape index (κ2) is 5.40. The molecule has 0 saturated carbocycles. The van der Waals surface area contributed by atoms with Crippen molar-refractivity contribution in [1.29, 1.82) is 0 Å². The fraction of sp³-hybridized carbons (Fsp3) is 0.727. The second-order valence-electron chi connectivity index (χ2n) is 4.18. The summed E-state index contributed by atoms with van der Waals surface area (Å²) >= 11 is 5.94. The van der Waals surface area contributed by atoms with Gasteiger partial charge in [0.15, 0.2) is 0 Å². The maximum absolute atomic E-state index is 5.94. The summed E-state index contributed by atoms with van der Waals surface area (Å²) in [6.07, 6.45) is 7.43. The number of hydrogen-bond acceptors (Lipinski definition) is 1. The highest BCUT2D eigenvalue weighted by molar-refractivity contribution is 6.20. The summed E-state index contributed by atoms with van der Waals surface area (Å²) in [5.41, 5.74) is 1.32. The van der Waals surface area contributed by atoms with Crippen LogP contribution in [-0.4, -0.2) is 15.2 Å². The molecule has 0 amide bonds. The summed E-state index contributed by atoms with van der Waals surface area (Å²) in [5.74, 6) is 0.697. The highest BCUT2D eigenvalue weighted by Gasteiger charge is 2.07. The van der Waals surface area contributed by atoms with E-state index in [1.54, 1.807) is 0 Å². The Balaban J connectivity index is 2.26. The van der Waals surface area contributed by atoms with Crippen LogP contribution in [0.25, 0.3) is 0 Å². The summed E-state index contributed by atoms with van der Waals surface area (Å²) in [5, 5.41) is 4.44. The molecule has 1 rings (SSSR count). The van der Waals surface area contributed by atoms with Gasteiger partial charge in [0.25, 0.3) is 0 Å². The monoisotopic (exact) mass is 214 g/mol. The number of aromatic nitrogens is 2. The molecule has 0 aliphatic rings. The number of aryl methyl sites for hydroxylation is 2. The fourth-order valence-electron chi connectivity index (χ4n) is 1.69. The lowest BCUT2D eigenvalue weighted by Gasteiger charge is -2.11. The number of hydrogen-bond donors (Lipinski definition) is 0. The first-order chi connectivity index (χ1) is 6.58. The van der Waals surface area contributed by atoms with E-state index in [0.29, 0.717) is 11.3 Å². The molecule has 0 aliphatic carbocycles. The van der Waals surface area contributed by atoms with Gasteiger partial charge in [0, 0.05) is 18.6 Å². The molecule has 0 saturated heterocycles. The van der Waals surface area contributed by atoms with Crippen molar-refractivity contribution in [1.82, 2.24) is 9.78 Å². The van der Waals surface area contributed by atoms with Crippen LogP contribution in [0.4, 0.5) is 0 Å². The van der Waals surface area contributed by atoms with E-state index in [-0.39, 0.29) is 0 Å². The summed E-state index contributed by atoms with van der Waals surface area (Å²) in [4.78, 5) is 0. The molecule has 1 aromatic heterocycles. The maximum Gasteiger partial charge on any atom is 0.0521 e. The lowest BCUT2D eigenvalue weighted by Crippen LogP contribution is -2.03. The fourth-order valence-corrected chi connectivity index (χ4v) is 1.99. The highest BCUT2D eigenvalue weighted by atomic mass is 35.5. The third-order valence-electron chi connectivity index (χ3n) is 2.41. The average molecular weight is 215 g/mol. The molecule has 2 unspecified atom stereocenters. The van der Waals surface area contributed by atoms with Crippen molar-refractivity contribution in [2.24, 2.45) is 13.0 Å². The minimum atomic E-state index is 0.291. The van der Waals surface area contributed by atoms with Crippen molar-refractivity contribution >= 4 is 11.6 Å². The standard InChI is InChI=1S/C11H19ClN2/c1-9(6-10(2)12)4-5-11-7-13-14(3)8-11/h7-10H,4-6H2,1-3H3. The molecular formula is C11H19ClN2. The minimum absolute atomic E-state index is 0.291. The molecule has 0 N–H and O–H groups in total. The zero-order valence-electron chi connectivity index (χ0n) is 9.20. The van der Waals surface area contributed by atoms with Crippen LogP contribution in [0.2, 0.25) is 0 Å². The molecule has 0 spiro atoms. The van der Waals surface area contributed by atoms with Crippen LogP contribution in [0.15, 0.2) is 12.4 Å². The molecule has 3 heteroatoms. The van der Waals surface area contributed by atoms with Gasteiger partial charge in [-0.15, -0.1) is 11.6 Å². The highest BCUT2D eigenvalue weighted by Crippen LogP contribution is 2.16. The molecule has 0 aromatic carbocycles. The van der Waals surface area contributed by atoms with Crippen LogP contribution in [0.1, 0.15) is 32.3 Å². The normalized spacial score (nSPS) is 15.4. The van der Waals surface area contributed by atoms with Crippen molar-refractivity contribution in [3.8, 4) is 0 Å². The molecule has 0 bridgehead atoms. The minimum Gasteiger partial charge on any atom is -0.276 e. The smallest absolute Gasteiger partial charge is 0.0521 e. The molecule has 2 nitrogen and oxygen atoms in total. The summed E-state index contributed by atoms with van der Waals surface area (Å²) in [6, 6.07) is 0. The third kappa shape index (κ3) is 4.14. The number of alkyl halides is 1. The van der Waals surface area contributed by atoms with E-state index in [1.807, 2.05) is 17.9 Å². The van der Waals surface area contributed by atoms with E-state index < -0.39 is 0 Å². The first-order valence-electron chi connectivity index (χ1n) is 5.19. The van der Waals surface area contributed by atoms with Crippen LogP contribution in [0.3, 0.4) is 0 Å². The molecule has 1 aromatic rings. The first kappa shape index (κ1) is 11.6. The molecule has 0 fully saturated rings. The van der Waals surface area contributed by atoms with Gasteiger partial charge >= 0.3 is 0 Å². The van der Waals surface area contributed by atoms with E-state index in [4.69, 9.17) is 11.6 Å². The Morgan fingerprint density at radius 1 is 1.50 bits per heavy atom. The van der Waals surface area contributed by atoms with Gasteiger partial charge in [-0.1, -0.05) is 6.92 Å². The van der Waals surface area contributed by atoms with Gasteiger partial charge in [0.2, 0.25) is 0 Å². The van der Waals surface area contributed by atoms with Gasteiger partial charge in [-0.25, -0.2) is 0 Å². The lowest BCUT2D eigenvalue weighted by molar-refractivity contribution is 0.490. The zero-order chi connectivity index (χ0) is 10.6. The summed E-state index contributed by atoms with van der Waals surface area (Å²) < 4.78 is 1.85. The molecular weight excluding hydrogens is 196 g/mol. The van der Waals surface area contributed by atoms with Crippen LogP contribution >= 0.6 is 11.6 Å². The quantitative estimate of drug-likeness (QED) is 0.690. The Morgan fingerprint density at radius 3 is 2.71 bits per heavy atom. The van der Waals surface area contributed by atoms with E-state index >= 15 is 0 Å². The molecule has 0 aliphatic heterocycles. The number of rotatable bonds is 5. The van der Waals surface area contributed by atoms with Crippen LogP contribution < -0.4 is 0 Å². The summed E-state index contributed by atoms with van der Waals surface area (Å²) in [6.45, 7) is 4.32. The predicted octanol–water partition coefficient (Wildman–Crippen LogP) is 3.01. The van der Waals surface area contributed by atoms with E-state index in [1.165, 1.54) is 12.0 Å². The molecule has 14 heavy (non-hydrogen) atoms. The Hall–Kier alpha value is -0.500. The van der Waals surface area contributed by atoms with E-state index in [9.17, 15) is 0 Å². The zero-order valence-corrected chi connectivity index (χ0v) is 9.96. The van der Waals surface area contributed by atoms with Crippen molar-refractivity contribution in [2.45, 2.75) is 38.5 Å². The molecule has 2 atom stereocenters. The molecule has 1 heterocycles. The maximum atomic E-state index is 5.94. The predicted molar refractivity (Wildman–Crippen MR) is 60.6 cm³/mol. The van der Waals surface area contributed by atoms with Gasteiger partial charge in [0.05, 0.1) is 6.20 Å². The Morgan fingerprint density at radius 2 is 2.21 bits per heavy atom. The van der Waals surface area contributed by atoms with Crippen molar-refractivity contribution in [2.75, 3.05) is 0 Å². The summed E-state index contributed by atoms with van der Waals surface area (Å²) in [7, 11) is 1.95. The topological polar surface area (TPSA) is 17.8 Å². The Labute approximate surface area is 91.3 Å². The van der Waals surface area contributed by atoms with Gasteiger partial charge in [0.1, 0.15) is 0 Å². The van der Waals surface area contributed by atoms with Crippen LogP contribution in [-0.2, 0) is 13.5 Å². The molecule has 0 radical (unpaired) electrons. The van der Waals surface area contributed by atoms with Gasteiger partial charge in [-0.2, -0.15) is 5.10 Å². The number of halogens is 1. The molecule has 80 valence electrons. The second-order valence-corrected chi connectivity index (χ2v) is 4.93. The first-order valence-corrected chi connectivity index (χ1v) is 5.63. The Bertz CT molecular complexity index is 268. The van der Waals surface area contributed by atoms with Crippen molar-refractivity contribution in [3.05, 3.63) is 18.0 Å². The van der Waals surface area contributed by atoms with Crippen molar-refractivity contribution in [3.63, 3.8) is 0 Å². The van der Waals surface area contributed by atoms with Gasteiger partial charge < -0.3 is 0 Å². The van der Waals surface area contributed by atoms with Gasteiger partial charge in [-0.3, -0.25) is 4.68 Å². The van der Waals surface area contributed by atoms with Crippen LogP contribution in [0, 0.1) is 5.92 Å². The Kier molecular flexibility index (Phi) is 4.46. The average Bonchev–Trinajstić information content (AvgIpc) is 2.47. The van der Waals surface area contributed by atoms with E-state index in [0.717, 1.165) is 12.8 Å². The number of nitrogens with zero attached hydrogens (tertiary/aromatic N) is 2. The van der Waals surface area contributed by atoms with E-state index in [2.05, 4.69) is 25.1 Å². The third-order valence-corrected chi connectivity index (χ3v) is 2.59. The van der Waals surface area contributed by atoms with Crippen LogP contribution in [0.5, 0.6) is 0 Å². The lowest BCUT2D eigenvalue weighted by atomic mass is 9.98. The largest absolute Gasteiger partial charge is 0.276 e.